The Kier molecular flexibility index (Phi) is 4.71. The van der Waals surface area contributed by atoms with Crippen molar-refractivity contribution in [3.05, 3.63) is 35.4 Å². The van der Waals surface area contributed by atoms with E-state index in [0.29, 0.717) is 0 Å². The standard InChI is InChI=1S/C9H10F2O.C2H6/c1-9(2,12)7-4-3-6(10)5-8(7)11;1-2/h3-5,12H,1-2H3;1-2H3. The number of benzene rings is 1. The van der Waals surface area contributed by atoms with Crippen molar-refractivity contribution in [1.82, 2.24) is 0 Å². The summed E-state index contributed by atoms with van der Waals surface area (Å²) in [5.74, 6) is -1.36. The molecule has 1 nitrogen and oxygen atoms in total. The van der Waals surface area contributed by atoms with Crippen molar-refractivity contribution in [3.8, 4) is 0 Å². The maximum atomic E-state index is 12.9. The van der Waals surface area contributed by atoms with Crippen molar-refractivity contribution in [3.63, 3.8) is 0 Å². The average Bonchev–Trinajstić information content (AvgIpc) is 2.05. The van der Waals surface area contributed by atoms with E-state index in [1.165, 1.54) is 19.9 Å². The van der Waals surface area contributed by atoms with E-state index in [9.17, 15) is 13.9 Å². The van der Waals surface area contributed by atoms with Crippen LogP contribution in [0.25, 0.3) is 0 Å². The molecule has 0 aliphatic rings. The molecule has 3 heteroatoms. The van der Waals surface area contributed by atoms with E-state index < -0.39 is 17.2 Å². The van der Waals surface area contributed by atoms with E-state index in [2.05, 4.69) is 0 Å². The molecular formula is C11H16F2O. The molecule has 0 bridgehead atoms. The summed E-state index contributed by atoms with van der Waals surface area (Å²) in [7, 11) is 0. The van der Waals surface area contributed by atoms with Gasteiger partial charge in [-0.1, -0.05) is 19.9 Å². The second-order valence-electron chi connectivity index (χ2n) is 3.18. The fraction of sp³-hybridized carbons (Fsp3) is 0.455. The number of aliphatic hydroxyl groups is 1. The maximum Gasteiger partial charge on any atom is 0.132 e. The van der Waals surface area contributed by atoms with Gasteiger partial charge in [0.1, 0.15) is 11.6 Å². The molecule has 0 aliphatic carbocycles. The van der Waals surface area contributed by atoms with E-state index >= 15 is 0 Å². The molecule has 0 heterocycles. The van der Waals surface area contributed by atoms with Gasteiger partial charge >= 0.3 is 0 Å². The van der Waals surface area contributed by atoms with Gasteiger partial charge in [-0.2, -0.15) is 0 Å². The Balaban J connectivity index is 0.000000791. The lowest BCUT2D eigenvalue weighted by atomic mass is 9.98. The second-order valence-corrected chi connectivity index (χ2v) is 3.18. The summed E-state index contributed by atoms with van der Waals surface area (Å²) in [4.78, 5) is 0. The van der Waals surface area contributed by atoms with Gasteiger partial charge < -0.3 is 5.11 Å². The molecule has 1 aromatic rings. The van der Waals surface area contributed by atoms with Crippen molar-refractivity contribution < 1.29 is 13.9 Å². The molecule has 0 atom stereocenters. The third kappa shape index (κ3) is 3.42. The van der Waals surface area contributed by atoms with Gasteiger partial charge in [-0.15, -0.1) is 0 Å². The van der Waals surface area contributed by atoms with Crippen LogP contribution in [0.15, 0.2) is 18.2 Å². The van der Waals surface area contributed by atoms with E-state index in [0.717, 1.165) is 12.1 Å². The molecule has 0 radical (unpaired) electrons. The van der Waals surface area contributed by atoms with Crippen LogP contribution in [0.2, 0.25) is 0 Å². The third-order valence-corrected chi connectivity index (χ3v) is 1.59. The Labute approximate surface area is 83.4 Å². The quantitative estimate of drug-likeness (QED) is 0.741. The highest BCUT2D eigenvalue weighted by Gasteiger charge is 2.20. The van der Waals surface area contributed by atoms with Gasteiger partial charge in [0.15, 0.2) is 0 Å². The molecular weight excluding hydrogens is 186 g/mol. The molecule has 0 saturated carbocycles. The minimum atomic E-state index is -1.27. The minimum absolute atomic E-state index is 0.101. The highest BCUT2D eigenvalue weighted by atomic mass is 19.1. The predicted octanol–water partition coefficient (Wildman–Crippen LogP) is 3.22. The van der Waals surface area contributed by atoms with Gasteiger partial charge in [0.2, 0.25) is 0 Å². The average molecular weight is 202 g/mol. The molecule has 0 aliphatic heterocycles. The normalized spacial score (nSPS) is 10.5. The van der Waals surface area contributed by atoms with E-state index in [1.807, 2.05) is 13.8 Å². The van der Waals surface area contributed by atoms with Crippen LogP contribution in [-0.4, -0.2) is 5.11 Å². The van der Waals surface area contributed by atoms with Gasteiger partial charge in [-0.25, -0.2) is 8.78 Å². The monoisotopic (exact) mass is 202 g/mol. The Morgan fingerprint density at radius 2 is 1.64 bits per heavy atom. The zero-order chi connectivity index (χ0) is 11.4. The van der Waals surface area contributed by atoms with Crippen LogP contribution in [-0.2, 0) is 5.60 Å². The van der Waals surface area contributed by atoms with Crippen LogP contribution in [0.4, 0.5) is 8.78 Å². The summed E-state index contributed by atoms with van der Waals surface area (Å²) in [5.41, 5.74) is -1.17. The number of hydrogen-bond donors (Lipinski definition) is 1. The molecule has 80 valence electrons. The van der Waals surface area contributed by atoms with Gasteiger partial charge in [-0.3, -0.25) is 0 Å². The number of hydrogen-bond acceptors (Lipinski definition) is 1. The van der Waals surface area contributed by atoms with Crippen molar-refractivity contribution >= 4 is 0 Å². The van der Waals surface area contributed by atoms with Gasteiger partial charge in [0.25, 0.3) is 0 Å². The summed E-state index contributed by atoms with van der Waals surface area (Å²) < 4.78 is 25.4. The Morgan fingerprint density at radius 1 is 1.14 bits per heavy atom. The molecule has 0 saturated heterocycles. The second kappa shape index (κ2) is 5.05. The Hall–Kier alpha value is -0.960. The maximum absolute atomic E-state index is 12.9. The van der Waals surface area contributed by atoms with Gasteiger partial charge in [-0.05, 0) is 19.9 Å². The van der Waals surface area contributed by atoms with Crippen molar-refractivity contribution in [2.45, 2.75) is 33.3 Å². The first-order valence-electron chi connectivity index (χ1n) is 4.59. The van der Waals surface area contributed by atoms with Crippen LogP contribution in [0.5, 0.6) is 0 Å². The van der Waals surface area contributed by atoms with Crippen molar-refractivity contribution in [2.75, 3.05) is 0 Å². The summed E-state index contributed by atoms with van der Waals surface area (Å²) in [6, 6.07) is 3.12. The highest BCUT2D eigenvalue weighted by molar-refractivity contribution is 5.23. The van der Waals surface area contributed by atoms with Gasteiger partial charge in [0.05, 0.1) is 5.60 Å². The van der Waals surface area contributed by atoms with Crippen LogP contribution in [0, 0.1) is 11.6 Å². The van der Waals surface area contributed by atoms with Crippen LogP contribution >= 0.6 is 0 Å². The van der Waals surface area contributed by atoms with Crippen LogP contribution in [0.3, 0.4) is 0 Å². The highest BCUT2D eigenvalue weighted by Crippen LogP contribution is 2.22. The first-order valence-corrected chi connectivity index (χ1v) is 4.59. The molecule has 1 N–H and O–H groups in total. The SMILES string of the molecule is CC.CC(C)(O)c1ccc(F)cc1F. The zero-order valence-electron chi connectivity index (χ0n) is 8.94. The van der Waals surface area contributed by atoms with E-state index in [1.54, 1.807) is 0 Å². The fourth-order valence-electron chi connectivity index (χ4n) is 0.986. The summed E-state index contributed by atoms with van der Waals surface area (Å²) in [6.45, 7) is 6.90. The number of halogens is 2. The molecule has 14 heavy (non-hydrogen) atoms. The third-order valence-electron chi connectivity index (χ3n) is 1.59. The Morgan fingerprint density at radius 3 is 2.00 bits per heavy atom. The predicted molar refractivity (Wildman–Crippen MR) is 53.0 cm³/mol. The fourth-order valence-corrected chi connectivity index (χ4v) is 0.986. The molecule has 0 amide bonds. The molecule has 1 rings (SSSR count). The van der Waals surface area contributed by atoms with E-state index in [4.69, 9.17) is 0 Å². The first-order chi connectivity index (χ1) is 6.41. The molecule has 0 aromatic heterocycles. The van der Waals surface area contributed by atoms with Crippen LogP contribution in [0.1, 0.15) is 33.3 Å². The minimum Gasteiger partial charge on any atom is -0.386 e. The number of rotatable bonds is 1. The topological polar surface area (TPSA) is 20.2 Å². The largest absolute Gasteiger partial charge is 0.386 e. The van der Waals surface area contributed by atoms with Gasteiger partial charge in [0, 0.05) is 11.6 Å². The van der Waals surface area contributed by atoms with Crippen LogP contribution < -0.4 is 0 Å². The van der Waals surface area contributed by atoms with Crippen molar-refractivity contribution in [1.29, 1.82) is 0 Å². The molecule has 0 fully saturated rings. The summed E-state index contributed by atoms with van der Waals surface area (Å²) >= 11 is 0. The smallest absolute Gasteiger partial charge is 0.132 e. The molecule has 0 unspecified atom stereocenters. The lowest BCUT2D eigenvalue weighted by Crippen LogP contribution is -2.17. The summed E-state index contributed by atoms with van der Waals surface area (Å²) in [6.07, 6.45) is 0. The molecule has 1 aromatic carbocycles. The zero-order valence-corrected chi connectivity index (χ0v) is 8.94. The lowest BCUT2D eigenvalue weighted by Gasteiger charge is -2.17. The summed E-state index contributed by atoms with van der Waals surface area (Å²) in [5, 5.41) is 9.40. The van der Waals surface area contributed by atoms with E-state index in [-0.39, 0.29) is 5.56 Å². The van der Waals surface area contributed by atoms with Crippen molar-refractivity contribution in [2.24, 2.45) is 0 Å². The lowest BCUT2D eigenvalue weighted by molar-refractivity contribution is 0.0744. The molecule has 0 spiro atoms. The first kappa shape index (κ1) is 13.0. The Bertz CT molecular complexity index is 290.